The van der Waals surface area contributed by atoms with Crippen LogP contribution >= 0.6 is 0 Å². The molecule has 5 N–H and O–H groups in total. The summed E-state index contributed by atoms with van der Waals surface area (Å²) in [6.07, 6.45) is -1.20. The van der Waals surface area contributed by atoms with Crippen molar-refractivity contribution in [3.8, 4) is 28.4 Å². The molecule has 0 saturated carbocycles. The van der Waals surface area contributed by atoms with Gasteiger partial charge < -0.3 is 25.6 Å². The Hall–Kier alpha value is -4.21. The maximum atomic E-state index is 11.0. The van der Waals surface area contributed by atoms with Crippen molar-refractivity contribution in [2.75, 3.05) is 25.6 Å². The summed E-state index contributed by atoms with van der Waals surface area (Å²) in [4.78, 5) is 21.7. The number of carboxylic acid groups (broad SMARTS) is 1. The van der Waals surface area contributed by atoms with Crippen molar-refractivity contribution in [3.63, 3.8) is 0 Å². The van der Waals surface area contributed by atoms with Gasteiger partial charge in [0.1, 0.15) is 18.1 Å². The summed E-state index contributed by atoms with van der Waals surface area (Å²) < 4.78 is 12.4. The Morgan fingerprint density at radius 2 is 1.77 bits per heavy atom. The number of rotatable bonds is 8. The van der Waals surface area contributed by atoms with Crippen LogP contribution in [-0.2, 0) is 0 Å². The minimum Gasteiger partial charge on any atom is -0.497 e. The normalized spacial score (nSPS) is 10.3. The molecule has 3 rings (SSSR count). The van der Waals surface area contributed by atoms with E-state index >= 15 is 0 Å². The van der Waals surface area contributed by atoms with Gasteiger partial charge in [0, 0.05) is 11.6 Å². The number of carbonyl (C=O) groups excluding carboxylic acids is 1. The molecule has 0 bridgehead atoms. The number of anilines is 1. The third-order valence-corrected chi connectivity index (χ3v) is 4.08. The number of primary amides is 1. The number of benzene rings is 2. The molecule has 1 aromatic heterocycles. The van der Waals surface area contributed by atoms with Crippen molar-refractivity contribution >= 4 is 17.9 Å². The zero-order valence-electron chi connectivity index (χ0n) is 16.2. The summed E-state index contributed by atoms with van der Waals surface area (Å²) in [5, 5.41) is 18.1. The number of urea groups is 1. The van der Waals surface area contributed by atoms with Crippen LogP contribution in [0.3, 0.4) is 0 Å². The van der Waals surface area contributed by atoms with Crippen LogP contribution in [0.5, 0.6) is 11.5 Å². The molecular formula is C20H21N5O5. The number of hydrogen-bond acceptors (Lipinski definition) is 5. The number of amides is 3. The van der Waals surface area contributed by atoms with Gasteiger partial charge in [0.2, 0.25) is 0 Å². The fraction of sp³-hybridized carbons (Fsp3) is 0.150. The third kappa shape index (κ3) is 5.19. The molecule has 156 valence electrons. The van der Waals surface area contributed by atoms with E-state index in [2.05, 4.69) is 15.7 Å². The van der Waals surface area contributed by atoms with Crippen LogP contribution in [0.25, 0.3) is 16.9 Å². The highest BCUT2D eigenvalue weighted by Gasteiger charge is 2.14. The molecule has 0 fully saturated rings. The zero-order valence-corrected chi connectivity index (χ0v) is 16.2. The van der Waals surface area contributed by atoms with Crippen LogP contribution in [0.4, 0.5) is 15.4 Å². The number of nitrogens with one attached hydrogen (secondary N) is 2. The lowest BCUT2D eigenvalue weighted by molar-refractivity contribution is 0.209. The first kappa shape index (κ1) is 20.5. The van der Waals surface area contributed by atoms with Crippen LogP contribution in [-0.4, -0.2) is 47.3 Å². The first-order valence-electron chi connectivity index (χ1n) is 8.97. The molecule has 0 aliphatic rings. The number of hydrogen-bond donors (Lipinski definition) is 4. The number of aromatic nitrogens is 2. The van der Waals surface area contributed by atoms with Gasteiger partial charge in [0.05, 0.1) is 25.0 Å². The van der Waals surface area contributed by atoms with E-state index in [1.807, 2.05) is 24.3 Å². The average molecular weight is 411 g/mol. The SMILES string of the molecule is COc1ccc(-n2nc(NC(=O)O)cc2-c2ccc(OCCNC(N)=O)cc2)cc1. The Labute approximate surface area is 172 Å². The molecule has 10 nitrogen and oxygen atoms in total. The molecule has 0 saturated heterocycles. The van der Waals surface area contributed by atoms with Gasteiger partial charge in [-0.25, -0.2) is 14.3 Å². The van der Waals surface area contributed by atoms with Crippen LogP contribution in [0.2, 0.25) is 0 Å². The van der Waals surface area contributed by atoms with Gasteiger partial charge in [-0.2, -0.15) is 0 Å². The fourth-order valence-corrected chi connectivity index (χ4v) is 2.74. The largest absolute Gasteiger partial charge is 0.497 e. The van der Waals surface area contributed by atoms with Crippen LogP contribution in [0.15, 0.2) is 54.6 Å². The van der Waals surface area contributed by atoms with Crippen LogP contribution < -0.4 is 25.8 Å². The Morgan fingerprint density at radius 1 is 1.10 bits per heavy atom. The van der Waals surface area contributed by atoms with Crippen molar-refractivity contribution in [2.24, 2.45) is 5.73 Å². The molecule has 30 heavy (non-hydrogen) atoms. The second-order valence-electron chi connectivity index (χ2n) is 6.12. The lowest BCUT2D eigenvalue weighted by Gasteiger charge is -2.10. The van der Waals surface area contributed by atoms with E-state index in [-0.39, 0.29) is 12.4 Å². The van der Waals surface area contributed by atoms with E-state index in [4.69, 9.17) is 20.3 Å². The summed E-state index contributed by atoms with van der Waals surface area (Å²) in [6.45, 7) is 0.574. The first-order valence-corrected chi connectivity index (χ1v) is 8.97. The summed E-state index contributed by atoms with van der Waals surface area (Å²) >= 11 is 0. The maximum absolute atomic E-state index is 11.0. The molecule has 0 unspecified atom stereocenters. The standard InChI is InChI=1S/C20H21N5O5/c1-29-15-8-4-14(5-9-15)25-17(12-18(24-25)23-20(27)28)13-2-6-16(7-3-13)30-11-10-22-19(21)26/h2-9,12H,10-11H2,1H3,(H,23,24)(H,27,28)(H3,21,22,26). The maximum Gasteiger partial charge on any atom is 0.410 e. The van der Waals surface area contributed by atoms with E-state index in [9.17, 15) is 9.59 Å². The van der Waals surface area contributed by atoms with E-state index < -0.39 is 12.1 Å². The van der Waals surface area contributed by atoms with Gasteiger partial charge in [-0.05, 0) is 48.5 Å². The van der Waals surface area contributed by atoms with Crippen molar-refractivity contribution < 1.29 is 24.2 Å². The summed E-state index contributed by atoms with van der Waals surface area (Å²) in [6, 6.07) is 15.5. The van der Waals surface area contributed by atoms with Crippen LogP contribution in [0.1, 0.15) is 0 Å². The Balaban J connectivity index is 1.85. The number of carbonyl (C=O) groups is 2. The number of nitrogens with zero attached hydrogens (tertiary/aromatic N) is 2. The molecular weight excluding hydrogens is 390 g/mol. The first-order chi connectivity index (χ1) is 14.5. The summed E-state index contributed by atoms with van der Waals surface area (Å²) in [5.41, 5.74) is 7.23. The van der Waals surface area contributed by atoms with Gasteiger partial charge >= 0.3 is 12.1 Å². The van der Waals surface area contributed by atoms with Gasteiger partial charge in [-0.3, -0.25) is 5.32 Å². The molecule has 0 atom stereocenters. The van der Waals surface area contributed by atoms with Crippen molar-refractivity contribution in [1.82, 2.24) is 15.1 Å². The fourth-order valence-electron chi connectivity index (χ4n) is 2.74. The van der Waals surface area contributed by atoms with Gasteiger partial charge in [-0.15, -0.1) is 5.10 Å². The zero-order chi connectivity index (χ0) is 21.5. The second-order valence-corrected chi connectivity index (χ2v) is 6.12. The molecule has 0 radical (unpaired) electrons. The lowest BCUT2D eigenvalue weighted by Crippen LogP contribution is -2.32. The lowest BCUT2D eigenvalue weighted by atomic mass is 10.1. The quantitative estimate of drug-likeness (QED) is 0.420. The molecule has 2 aromatic carbocycles. The van der Waals surface area contributed by atoms with E-state index in [1.54, 1.807) is 42.1 Å². The average Bonchev–Trinajstić information content (AvgIpc) is 3.14. The monoisotopic (exact) mass is 411 g/mol. The Bertz CT molecular complexity index is 1020. The predicted octanol–water partition coefficient (Wildman–Crippen LogP) is 2.68. The van der Waals surface area contributed by atoms with Crippen molar-refractivity contribution in [1.29, 1.82) is 0 Å². The molecule has 1 heterocycles. The van der Waals surface area contributed by atoms with Gasteiger partial charge in [-0.1, -0.05) is 0 Å². The second kappa shape index (κ2) is 9.32. The van der Waals surface area contributed by atoms with Crippen LogP contribution in [0, 0.1) is 0 Å². The Kier molecular flexibility index (Phi) is 6.38. The topological polar surface area (TPSA) is 141 Å². The highest BCUT2D eigenvalue weighted by molar-refractivity contribution is 5.83. The van der Waals surface area contributed by atoms with Crippen molar-refractivity contribution in [3.05, 3.63) is 54.6 Å². The summed E-state index contributed by atoms with van der Waals surface area (Å²) in [5.74, 6) is 1.51. The highest BCUT2D eigenvalue weighted by Crippen LogP contribution is 2.28. The minimum atomic E-state index is -1.20. The van der Waals surface area contributed by atoms with E-state index in [1.165, 1.54) is 0 Å². The number of methoxy groups -OCH3 is 1. The minimum absolute atomic E-state index is 0.200. The van der Waals surface area contributed by atoms with Gasteiger partial charge in [0.25, 0.3) is 0 Å². The molecule has 0 aliphatic carbocycles. The molecule has 10 heteroatoms. The molecule has 0 spiro atoms. The number of ether oxygens (including phenoxy) is 2. The molecule has 3 aromatic rings. The van der Waals surface area contributed by atoms with Gasteiger partial charge in [0.15, 0.2) is 5.82 Å². The van der Waals surface area contributed by atoms with E-state index in [0.717, 1.165) is 11.3 Å². The third-order valence-electron chi connectivity index (χ3n) is 4.08. The smallest absolute Gasteiger partial charge is 0.410 e. The Morgan fingerprint density at radius 3 is 2.37 bits per heavy atom. The summed E-state index contributed by atoms with van der Waals surface area (Å²) in [7, 11) is 1.58. The van der Waals surface area contributed by atoms with Crippen molar-refractivity contribution in [2.45, 2.75) is 0 Å². The predicted molar refractivity (Wildman–Crippen MR) is 110 cm³/mol. The number of nitrogens with two attached hydrogens (primary N) is 1. The highest BCUT2D eigenvalue weighted by atomic mass is 16.5. The van der Waals surface area contributed by atoms with E-state index in [0.29, 0.717) is 23.7 Å². The molecule has 3 amide bonds. The molecule has 0 aliphatic heterocycles.